The molecule has 0 saturated carbocycles. The molecule has 1 aromatic carbocycles. The molecule has 2 rings (SSSR count). The lowest BCUT2D eigenvalue weighted by Gasteiger charge is -2.29. The van der Waals surface area contributed by atoms with Crippen LogP contribution in [0.2, 0.25) is 4.34 Å². The molecule has 0 saturated heterocycles. The number of halogens is 2. The van der Waals surface area contributed by atoms with Crippen LogP contribution in [0.5, 0.6) is 0 Å². The Bertz CT molecular complexity index is 763. The summed E-state index contributed by atoms with van der Waals surface area (Å²) >= 11 is 6.70. The molecule has 0 radical (unpaired) electrons. The van der Waals surface area contributed by atoms with Gasteiger partial charge in [0.1, 0.15) is 15.6 Å². The van der Waals surface area contributed by atoms with E-state index < -0.39 is 21.4 Å². The number of nitrogens with one attached hydrogen (secondary N) is 1. The molecule has 1 atom stereocenters. The van der Waals surface area contributed by atoms with Crippen LogP contribution in [0.25, 0.3) is 0 Å². The van der Waals surface area contributed by atoms with E-state index in [2.05, 4.69) is 4.72 Å². The van der Waals surface area contributed by atoms with Crippen LogP contribution < -0.4 is 4.72 Å². The average Bonchev–Trinajstić information content (AvgIpc) is 2.93. The van der Waals surface area contributed by atoms with E-state index in [1.807, 2.05) is 0 Å². The van der Waals surface area contributed by atoms with Crippen LogP contribution in [0, 0.1) is 5.82 Å². The molecule has 8 heteroatoms. The van der Waals surface area contributed by atoms with E-state index >= 15 is 0 Å². The number of ether oxygens (including phenoxy) is 1. The summed E-state index contributed by atoms with van der Waals surface area (Å²) in [6.07, 6.45) is 0. The van der Waals surface area contributed by atoms with Crippen molar-refractivity contribution in [2.75, 3.05) is 13.7 Å². The number of hydrogen-bond acceptors (Lipinski definition) is 4. The number of thiophene rings is 1. The maximum atomic E-state index is 13.9. The van der Waals surface area contributed by atoms with Crippen LogP contribution in [0.4, 0.5) is 4.39 Å². The number of sulfonamides is 1. The zero-order valence-corrected chi connectivity index (χ0v) is 14.4. The molecule has 0 spiro atoms. The Labute approximate surface area is 137 Å². The largest absolute Gasteiger partial charge is 0.372 e. The second-order valence-corrected chi connectivity index (χ2v) is 8.51. The molecule has 2 aromatic rings. The van der Waals surface area contributed by atoms with Gasteiger partial charge in [0.25, 0.3) is 0 Å². The topological polar surface area (TPSA) is 55.4 Å². The summed E-state index contributed by atoms with van der Waals surface area (Å²) in [4.78, 5) is 0. The Morgan fingerprint density at radius 3 is 2.55 bits per heavy atom. The third-order valence-electron chi connectivity index (χ3n) is 3.31. The van der Waals surface area contributed by atoms with Crippen molar-refractivity contribution in [2.45, 2.75) is 16.7 Å². The van der Waals surface area contributed by atoms with Crippen LogP contribution in [-0.4, -0.2) is 22.1 Å². The van der Waals surface area contributed by atoms with Crippen LogP contribution in [0.15, 0.2) is 40.6 Å². The normalized spacial score (nSPS) is 14.7. The molecule has 1 N–H and O–H groups in total. The Balaban J connectivity index is 2.23. The Kier molecular flexibility index (Phi) is 5.24. The molecule has 0 aliphatic rings. The zero-order chi connectivity index (χ0) is 16.4. The van der Waals surface area contributed by atoms with Crippen LogP contribution in [0.3, 0.4) is 0 Å². The quantitative estimate of drug-likeness (QED) is 0.856. The van der Waals surface area contributed by atoms with Crippen molar-refractivity contribution in [3.8, 4) is 0 Å². The predicted octanol–water partition coefficient (Wildman–Crippen LogP) is 3.38. The smallest absolute Gasteiger partial charge is 0.250 e. The molecule has 0 aliphatic heterocycles. The highest BCUT2D eigenvalue weighted by atomic mass is 35.5. The van der Waals surface area contributed by atoms with Crippen molar-refractivity contribution in [3.05, 3.63) is 52.1 Å². The molecular weight excluding hydrogens is 349 g/mol. The highest BCUT2D eigenvalue weighted by Crippen LogP contribution is 2.29. The van der Waals surface area contributed by atoms with Gasteiger partial charge in [0.2, 0.25) is 10.0 Å². The molecule has 1 heterocycles. The van der Waals surface area contributed by atoms with Gasteiger partial charge in [-0.1, -0.05) is 29.8 Å². The number of hydrogen-bond donors (Lipinski definition) is 1. The van der Waals surface area contributed by atoms with Crippen molar-refractivity contribution in [1.82, 2.24) is 4.72 Å². The van der Waals surface area contributed by atoms with E-state index in [0.29, 0.717) is 4.34 Å². The zero-order valence-electron chi connectivity index (χ0n) is 12.0. The molecule has 22 heavy (non-hydrogen) atoms. The van der Waals surface area contributed by atoms with Crippen LogP contribution in [-0.2, 0) is 20.4 Å². The maximum absolute atomic E-state index is 13.9. The second kappa shape index (κ2) is 6.64. The third kappa shape index (κ3) is 3.67. The van der Waals surface area contributed by atoms with Gasteiger partial charge in [-0.05, 0) is 25.1 Å². The number of methoxy groups -OCH3 is 1. The van der Waals surface area contributed by atoms with Gasteiger partial charge >= 0.3 is 0 Å². The second-order valence-electron chi connectivity index (χ2n) is 4.80. The Morgan fingerprint density at radius 2 is 2.00 bits per heavy atom. The summed E-state index contributed by atoms with van der Waals surface area (Å²) in [6.45, 7) is 1.51. The maximum Gasteiger partial charge on any atom is 0.250 e. The first-order valence-electron chi connectivity index (χ1n) is 6.34. The molecule has 1 aromatic heterocycles. The third-order valence-corrected chi connectivity index (χ3v) is 6.43. The van der Waals surface area contributed by atoms with E-state index in [9.17, 15) is 12.8 Å². The van der Waals surface area contributed by atoms with Gasteiger partial charge in [-0.2, -0.15) is 0 Å². The Hall–Kier alpha value is -0.990. The summed E-state index contributed by atoms with van der Waals surface area (Å²) in [5, 5.41) is 0. The molecule has 120 valence electrons. The average molecular weight is 364 g/mol. The molecule has 4 nitrogen and oxygen atoms in total. The van der Waals surface area contributed by atoms with Gasteiger partial charge in [-0.15, -0.1) is 11.3 Å². The summed E-state index contributed by atoms with van der Waals surface area (Å²) in [6, 6.07) is 9.03. The fourth-order valence-corrected chi connectivity index (χ4v) is 4.57. The summed E-state index contributed by atoms with van der Waals surface area (Å²) in [5.74, 6) is -0.454. The highest BCUT2D eigenvalue weighted by Gasteiger charge is 2.31. The van der Waals surface area contributed by atoms with Crippen molar-refractivity contribution < 1.29 is 17.5 Å². The first-order valence-corrected chi connectivity index (χ1v) is 9.01. The molecule has 0 unspecified atom stereocenters. The fraction of sp³-hybridized carbons (Fsp3) is 0.286. The molecule has 0 bridgehead atoms. The van der Waals surface area contributed by atoms with E-state index in [-0.39, 0.29) is 16.3 Å². The van der Waals surface area contributed by atoms with Crippen molar-refractivity contribution in [1.29, 1.82) is 0 Å². The van der Waals surface area contributed by atoms with Crippen LogP contribution >= 0.6 is 22.9 Å². The molecule has 0 fully saturated rings. The van der Waals surface area contributed by atoms with Gasteiger partial charge in [0.15, 0.2) is 0 Å². The van der Waals surface area contributed by atoms with E-state index in [1.165, 1.54) is 25.3 Å². The number of benzene rings is 1. The van der Waals surface area contributed by atoms with Gasteiger partial charge < -0.3 is 4.74 Å². The lowest BCUT2D eigenvalue weighted by Crippen LogP contribution is -2.40. The van der Waals surface area contributed by atoms with Crippen LogP contribution in [0.1, 0.15) is 12.5 Å². The summed E-state index contributed by atoms with van der Waals surface area (Å²) in [7, 11) is -2.32. The van der Waals surface area contributed by atoms with E-state index in [1.54, 1.807) is 25.1 Å². The van der Waals surface area contributed by atoms with Gasteiger partial charge in [-0.25, -0.2) is 17.5 Å². The minimum atomic E-state index is -3.72. The van der Waals surface area contributed by atoms with Crippen molar-refractivity contribution >= 4 is 33.0 Å². The molecular formula is C14H15ClFNO3S2. The lowest BCUT2D eigenvalue weighted by atomic mass is 9.95. The van der Waals surface area contributed by atoms with Gasteiger partial charge in [0.05, 0.1) is 4.34 Å². The standard InChI is InChI=1S/C14H15ClFNO3S2/c1-14(20-2,10-5-3-4-6-11(10)16)9-17-22(18,19)13-8-7-12(15)21-13/h3-8,17H,9H2,1-2H3/t14-/m0/s1. The van der Waals surface area contributed by atoms with Gasteiger partial charge in [0, 0.05) is 19.2 Å². The number of rotatable bonds is 6. The molecule has 0 aliphatic carbocycles. The minimum absolute atomic E-state index is 0.101. The van der Waals surface area contributed by atoms with Crippen molar-refractivity contribution in [2.24, 2.45) is 0 Å². The fourth-order valence-electron chi connectivity index (χ4n) is 1.91. The Morgan fingerprint density at radius 1 is 1.32 bits per heavy atom. The monoisotopic (exact) mass is 363 g/mol. The summed E-state index contributed by atoms with van der Waals surface area (Å²) < 4.78 is 46.6. The summed E-state index contributed by atoms with van der Waals surface area (Å²) in [5.41, 5.74) is -0.844. The predicted molar refractivity (Wildman–Crippen MR) is 85.3 cm³/mol. The lowest BCUT2D eigenvalue weighted by molar-refractivity contribution is 0.00411. The highest BCUT2D eigenvalue weighted by molar-refractivity contribution is 7.91. The van der Waals surface area contributed by atoms with Gasteiger partial charge in [-0.3, -0.25) is 0 Å². The minimum Gasteiger partial charge on any atom is -0.372 e. The van der Waals surface area contributed by atoms with E-state index in [0.717, 1.165) is 11.3 Å². The molecule has 0 amide bonds. The first-order chi connectivity index (χ1) is 10.3. The SMILES string of the molecule is CO[C@@](C)(CNS(=O)(=O)c1ccc(Cl)s1)c1ccccc1F. The first kappa shape index (κ1) is 17.4. The van der Waals surface area contributed by atoms with Crippen molar-refractivity contribution in [3.63, 3.8) is 0 Å². The van der Waals surface area contributed by atoms with E-state index in [4.69, 9.17) is 16.3 Å².